The molecule has 0 saturated heterocycles. The Morgan fingerprint density at radius 3 is 2.20 bits per heavy atom. The highest BCUT2D eigenvalue weighted by molar-refractivity contribution is 9.10. The van der Waals surface area contributed by atoms with Crippen molar-refractivity contribution in [1.29, 1.82) is 0 Å². The van der Waals surface area contributed by atoms with Crippen LogP contribution >= 0.6 is 15.9 Å². The Kier molecular flexibility index (Phi) is 5.39. The molecule has 1 aromatic rings. The number of nitrogens with one attached hydrogen (secondary N) is 1. The van der Waals surface area contributed by atoms with E-state index in [0.29, 0.717) is 19.3 Å². The number of carboxylic acid groups (broad SMARTS) is 1. The minimum absolute atomic E-state index is 0.111. The Bertz CT molecular complexity index is 581. The van der Waals surface area contributed by atoms with E-state index in [-0.39, 0.29) is 9.56 Å². The molecule has 8 heteroatoms. The summed E-state index contributed by atoms with van der Waals surface area (Å²) in [6, 6.07) is 1.00. The third-order valence-electron chi connectivity index (χ3n) is 3.54. The summed E-state index contributed by atoms with van der Waals surface area (Å²) in [5.74, 6) is -1.74. The van der Waals surface area contributed by atoms with Crippen LogP contribution in [-0.4, -0.2) is 25.0 Å². The van der Waals surface area contributed by atoms with Crippen molar-refractivity contribution in [2.24, 2.45) is 0 Å². The molecule has 0 atom stereocenters. The number of furan rings is 1. The van der Waals surface area contributed by atoms with Crippen LogP contribution < -0.4 is 4.72 Å². The molecule has 0 bridgehead atoms. The summed E-state index contributed by atoms with van der Waals surface area (Å²) in [5, 5.41) is 8.83. The fourth-order valence-electron chi connectivity index (χ4n) is 1.95. The number of hydrogen-bond donors (Lipinski definition) is 2. The molecule has 2 N–H and O–H groups in total. The van der Waals surface area contributed by atoms with Gasteiger partial charge in [0.25, 0.3) is 0 Å². The van der Waals surface area contributed by atoms with E-state index >= 15 is 0 Å². The smallest absolute Gasteiger partial charge is 0.371 e. The Morgan fingerprint density at radius 1 is 1.35 bits per heavy atom. The average Bonchev–Trinajstić information content (AvgIpc) is 2.79. The van der Waals surface area contributed by atoms with Crippen molar-refractivity contribution in [3.8, 4) is 0 Å². The predicted molar refractivity (Wildman–Crippen MR) is 77.3 cm³/mol. The van der Waals surface area contributed by atoms with Crippen LogP contribution in [0.4, 0.5) is 0 Å². The monoisotopic (exact) mass is 367 g/mol. The maximum Gasteiger partial charge on any atom is 0.371 e. The molecule has 0 amide bonds. The quantitative estimate of drug-likeness (QED) is 0.771. The number of sulfonamides is 1. The first-order valence-electron chi connectivity index (χ1n) is 6.28. The molecule has 0 aliphatic heterocycles. The Labute approximate surface area is 126 Å². The minimum atomic E-state index is -3.85. The average molecular weight is 368 g/mol. The van der Waals surface area contributed by atoms with E-state index in [9.17, 15) is 13.2 Å². The Morgan fingerprint density at radius 2 is 1.85 bits per heavy atom. The second-order valence-corrected chi connectivity index (χ2v) is 6.87. The molecular formula is C12H18BrNO5S. The molecule has 114 valence electrons. The predicted octanol–water partition coefficient (Wildman–Crippen LogP) is 2.99. The van der Waals surface area contributed by atoms with Crippen LogP contribution in [0.1, 0.15) is 50.6 Å². The molecule has 1 heterocycles. The standard InChI is InChI=1S/C12H18BrNO5S/c1-4-12(5-2,6-3)14-20(17,18)9-7-8(11(15)16)19-10(9)13/h7,14H,4-6H2,1-3H3,(H,15,16). The van der Waals surface area contributed by atoms with Crippen molar-refractivity contribution < 1.29 is 22.7 Å². The van der Waals surface area contributed by atoms with Gasteiger partial charge in [0.05, 0.1) is 0 Å². The summed E-state index contributed by atoms with van der Waals surface area (Å²) in [6.07, 6.45) is 1.92. The molecule has 1 aromatic heterocycles. The van der Waals surface area contributed by atoms with Gasteiger partial charge in [-0.05, 0) is 35.2 Å². The summed E-state index contributed by atoms with van der Waals surface area (Å²) >= 11 is 2.95. The number of carboxylic acids is 1. The highest BCUT2D eigenvalue weighted by Gasteiger charge is 2.33. The summed E-state index contributed by atoms with van der Waals surface area (Å²) < 4.78 is 32.2. The summed E-state index contributed by atoms with van der Waals surface area (Å²) in [6.45, 7) is 5.72. The molecule has 0 unspecified atom stereocenters. The lowest BCUT2D eigenvalue weighted by Crippen LogP contribution is -2.46. The number of halogens is 1. The lowest BCUT2D eigenvalue weighted by Gasteiger charge is -2.31. The van der Waals surface area contributed by atoms with E-state index < -0.39 is 27.3 Å². The van der Waals surface area contributed by atoms with Crippen LogP contribution in [0.15, 0.2) is 20.0 Å². The van der Waals surface area contributed by atoms with Crippen LogP contribution in [-0.2, 0) is 10.0 Å². The first-order chi connectivity index (χ1) is 9.21. The molecular weight excluding hydrogens is 350 g/mol. The molecule has 0 spiro atoms. The number of rotatable bonds is 7. The second-order valence-electron chi connectivity index (χ2n) is 4.50. The SMILES string of the molecule is CCC(CC)(CC)NS(=O)(=O)c1cc(C(=O)O)oc1Br. The highest BCUT2D eigenvalue weighted by atomic mass is 79.9. The Balaban J connectivity index is 3.20. The number of carbonyl (C=O) groups is 1. The van der Waals surface area contributed by atoms with Crippen molar-refractivity contribution in [3.05, 3.63) is 16.5 Å². The van der Waals surface area contributed by atoms with Gasteiger partial charge in [-0.25, -0.2) is 17.9 Å². The van der Waals surface area contributed by atoms with E-state index in [1.165, 1.54) is 0 Å². The molecule has 1 rings (SSSR count). The lowest BCUT2D eigenvalue weighted by atomic mass is 9.91. The van der Waals surface area contributed by atoms with Gasteiger partial charge in [-0.2, -0.15) is 0 Å². The molecule has 0 aliphatic rings. The van der Waals surface area contributed by atoms with Crippen molar-refractivity contribution in [1.82, 2.24) is 4.72 Å². The van der Waals surface area contributed by atoms with Crippen molar-refractivity contribution in [2.75, 3.05) is 0 Å². The van der Waals surface area contributed by atoms with Gasteiger partial charge in [0.15, 0.2) is 4.67 Å². The van der Waals surface area contributed by atoms with Crippen LogP contribution in [0.2, 0.25) is 0 Å². The van der Waals surface area contributed by atoms with E-state index in [0.717, 1.165) is 6.07 Å². The minimum Gasteiger partial charge on any atom is -0.475 e. The van der Waals surface area contributed by atoms with Gasteiger partial charge < -0.3 is 9.52 Å². The molecule has 0 aromatic carbocycles. The zero-order valence-electron chi connectivity index (χ0n) is 11.6. The van der Waals surface area contributed by atoms with Gasteiger partial charge in [0, 0.05) is 11.6 Å². The maximum atomic E-state index is 12.4. The van der Waals surface area contributed by atoms with Gasteiger partial charge >= 0.3 is 5.97 Å². The maximum absolute atomic E-state index is 12.4. The number of aromatic carboxylic acids is 1. The molecule has 0 saturated carbocycles. The van der Waals surface area contributed by atoms with E-state index in [2.05, 4.69) is 20.7 Å². The van der Waals surface area contributed by atoms with Crippen molar-refractivity contribution in [2.45, 2.75) is 50.5 Å². The summed E-state index contributed by atoms with van der Waals surface area (Å²) in [4.78, 5) is 10.6. The van der Waals surface area contributed by atoms with Gasteiger partial charge in [-0.3, -0.25) is 0 Å². The summed E-state index contributed by atoms with van der Waals surface area (Å²) in [7, 11) is -3.85. The molecule has 20 heavy (non-hydrogen) atoms. The van der Waals surface area contributed by atoms with Crippen LogP contribution in [0.5, 0.6) is 0 Å². The molecule has 6 nitrogen and oxygen atoms in total. The second kappa shape index (κ2) is 6.28. The van der Waals surface area contributed by atoms with Crippen LogP contribution in [0.25, 0.3) is 0 Å². The van der Waals surface area contributed by atoms with Gasteiger partial charge in [-0.15, -0.1) is 0 Å². The fourth-order valence-corrected chi connectivity index (χ4v) is 4.50. The highest BCUT2D eigenvalue weighted by Crippen LogP contribution is 2.29. The first-order valence-corrected chi connectivity index (χ1v) is 8.55. The third-order valence-corrected chi connectivity index (χ3v) is 5.97. The molecule has 0 fully saturated rings. The van der Waals surface area contributed by atoms with Crippen LogP contribution in [0.3, 0.4) is 0 Å². The van der Waals surface area contributed by atoms with E-state index in [1.807, 2.05) is 20.8 Å². The Hall–Kier alpha value is -0.860. The normalized spacial score (nSPS) is 12.6. The lowest BCUT2D eigenvalue weighted by molar-refractivity contribution is 0.0661. The third kappa shape index (κ3) is 3.42. The zero-order chi connectivity index (χ0) is 15.6. The largest absolute Gasteiger partial charge is 0.475 e. The summed E-state index contributed by atoms with van der Waals surface area (Å²) in [5.41, 5.74) is -0.543. The molecule has 0 aliphatic carbocycles. The van der Waals surface area contributed by atoms with Crippen molar-refractivity contribution in [3.63, 3.8) is 0 Å². The van der Waals surface area contributed by atoms with E-state index in [4.69, 9.17) is 9.52 Å². The zero-order valence-corrected chi connectivity index (χ0v) is 14.0. The van der Waals surface area contributed by atoms with Gasteiger partial charge in [0.2, 0.25) is 15.8 Å². The molecule has 0 radical (unpaired) electrons. The van der Waals surface area contributed by atoms with Crippen LogP contribution in [0, 0.1) is 0 Å². The van der Waals surface area contributed by atoms with Gasteiger partial charge in [-0.1, -0.05) is 20.8 Å². The number of hydrogen-bond acceptors (Lipinski definition) is 4. The van der Waals surface area contributed by atoms with Gasteiger partial charge in [0.1, 0.15) is 4.90 Å². The fraction of sp³-hybridized carbons (Fsp3) is 0.583. The topological polar surface area (TPSA) is 96.6 Å². The van der Waals surface area contributed by atoms with E-state index in [1.54, 1.807) is 0 Å². The first kappa shape index (κ1) is 17.2. The van der Waals surface area contributed by atoms with Crippen molar-refractivity contribution >= 4 is 31.9 Å².